The molecule has 0 aromatic heterocycles. The number of carbonyl (C=O) groups is 3. The molecule has 1 atom stereocenters. The van der Waals surface area contributed by atoms with Crippen molar-refractivity contribution in [3.63, 3.8) is 0 Å². The first-order valence-corrected chi connectivity index (χ1v) is 11.7. The summed E-state index contributed by atoms with van der Waals surface area (Å²) >= 11 is 0. The van der Waals surface area contributed by atoms with Crippen LogP contribution in [-0.4, -0.2) is 23.8 Å². The van der Waals surface area contributed by atoms with Crippen molar-refractivity contribution in [2.75, 3.05) is 0 Å². The van der Waals surface area contributed by atoms with Crippen LogP contribution in [0.15, 0.2) is 90.6 Å². The first-order valence-electron chi connectivity index (χ1n) is 11.7. The van der Waals surface area contributed by atoms with Crippen LogP contribution < -0.4 is 10.6 Å². The lowest BCUT2D eigenvalue weighted by molar-refractivity contribution is -0.149. The normalized spacial score (nSPS) is 12.1. The van der Waals surface area contributed by atoms with Crippen LogP contribution >= 0.6 is 0 Å². The van der Waals surface area contributed by atoms with E-state index >= 15 is 0 Å². The molecule has 3 aromatic rings. The Bertz CT molecular complexity index is 1210. The molecule has 0 aliphatic heterocycles. The molecule has 2 N–H and O–H groups in total. The fourth-order valence-electron chi connectivity index (χ4n) is 3.44. The van der Waals surface area contributed by atoms with Crippen LogP contribution in [-0.2, 0) is 20.9 Å². The minimum absolute atomic E-state index is 0.0623. The average Bonchev–Trinajstić information content (AvgIpc) is 2.88. The van der Waals surface area contributed by atoms with Gasteiger partial charge in [-0.2, -0.15) is 0 Å². The second-order valence-electron chi connectivity index (χ2n) is 8.65. The zero-order valence-corrected chi connectivity index (χ0v) is 20.2. The molecule has 3 aromatic carbocycles. The molecule has 186 valence electrons. The van der Waals surface area contributed by atoms with Gasteiger partial charge in [0.1, 0.15) is 24.2 Å². The molecule has 0 spiro atoms. The Kier molecular flexibility index (Phi) is 9.51. The van der Waals surface area contributed by atoms with Crippen LogP contribution in [0.4, 0.5) is 4.39 Å². The van der Waals surface area contributed by atoms with Crippen molar-refractivity contribution in [2.24, 2.45) is 5.92 Å². The molecule has 0 aliphatic rings. The van der Waals surface area contributed by atoms with E-state index in [-0.39, 0.29) is 23.8 Å². The van der Waals surface area contributed by atoms with Crippen molar-refractivity contribution in [1.82, 2.24) is 10.6 Å². The number of benzene rings is 3. The zero-order valence-electron chi connectivity index (χ0n) is 20.2. The third kappa shape index (κ3) is 7.91. The molecule has 0 aliphatic carbocycles. The molecule has 0 fully saturated rings. The van der Waals surface area contributed by atoms with Gasteiger partial charge in [0.25, 0.3) is 11.8 Å². The van der Waals surface area contributed by atoms with Gasteiger partial charge in [-0.3, -0.25) is 9.59 Å². The maximum atomic E-state index is 14.3. The number of nitrogens with one attached hydrogen (secondary N) is 2. The van der Waals surface area contributed by atoms with E-state index in [1.54, 1.807) is 36.4 Å². The van der Waals surface area contributed by atoms with Crippen molar-refractivity contribution in [3.8, 4) is 0 Å². The van der Waals surface area contributed by atoms with Gasteiger partial charge in [-0.25, -0.2) is 9.18 Å². The highest BCUT2D eigenvalue weighted by Crippen LogP contribution is 2.14. The van der Waals surface area contributed by atoms with E-state index in [0.29, 0.717) is 12.0 Å². The predicted molar refractivity (Wildman–Crippen MR) is 136 cm³/mol. The first-order chi connectivity index (χ1) is 17.3. The van der Waals surface area contributed by atoms with E-state index in [2.05, 4.69) is 10.6 Å². The van der Waals surface area contributed by atoms with Gasteiger partial charge < -0.3 is 15.4 Å². The highest BCUT2D eigenvalue weighted by atomic mass is 19.1. The number of halogens is 1. The maximum absolute atomic E-state index is 14.3. The molecule has 3 rings (SSSR count). The zero-order chi connectivity index (χ0) is 25.9. The van der Waals surface area contributed by atoms with Gasteiger partial charge in [0, 0.05) is 11.1 Å². The van der Waals surface area contributed by atoms with Gasteiger partial charge in [0.05, 0.1) is 0 Å². The van der Waals surface area contributed by atoms with Crippen molar-refractivity contribution in [3.05, 3.63) is 113 Å². The quantitative estimate of drug-likeness (QED) is 0.315. The summed E-state index contributed by atoms with van der Waals surface area (Å²) in [6.07, 6.45) is 1.56. The fraction of sp³-hybridized carbons (Fsp3) is 0.207. The minimum atomic E-state index is -0.959. The van der Waals surface area contributed by atoms with Crippen molar-refractivity contribution in [1.29, 1.82) is 0 Å². The van der Waals surface area contributed by atoms with Gasteiger partial charge in [0.15, 0.2) is 0 Å². The Morgan fingerprint density at radius 3 is 2.14 bits per heavy atom. The third-order valence-corrected chi connectivity index (χ3v) is 5.25. The summed E-state index contributed by atoms with van der Waals surface area (Å²) in [7, 11) is 0. The highest BCUT2D eigenvalue weighted by Gasteiger charge is 2.26. The number of amides is 2. The monoisotopic (exact) mass is 488 g/mol. The van der Waals surface area contributed by atoms with Crippen molar-refractivity contribution >= 4 is 23.9 Å². The summed E-state index contributed by atoms with van der Waals surface area (Å²) in [5.74, 6) is -2.36. The lowest BCUT2D eigenvalue weighted by Crippen LogP contribution is -2.45. The number of esters is 1. The average molecular weight is 489 g/mol. The van der Waals surface area contributed by atoms with Gasteiger partial charge in [-0.05, 0) is 42.2 Å². The van der Waals surface area contributed by atoms with Crippen LogP contribution in [0, 0.1) is 11.7 Å². The Balaban J connectivity index is 1.82. The van der Waals surface area contributed by atoms with Crippen LogP contribution in [0.1, 0.15) is 41.8 Å². The SMILES string of the molecule is CC(C)C[C@H](NC(=O)/C(=C\c1ccccc1F)NC(=O)c1ccccc1)C(=O)OCc1ccccc1. The summed E-state index contributed by atoms with van der Waals surface area (Å²) < 4.78 is 19.8. The van der Waals surface area contributed by atoms with Crippen LogP contribution in [0.2, 0.25) is 0 Å². The molecule has 6 nitrogen and oxygen atoms in total. The maximum Gasteiger partial charge on any atom is 0.328 e. The van der Waals surface area contributed by atoms with Gasteiger partial charge >= 0.3 is 5.97 Å². The van der Waals surface area contributed by atoms with Crippen molar-refractivity contribution in [2.45, 2.75) is 32.9 Å². The van der Waals surface area contributed by atoms with E-state index in [0.717, 1.165) is 5.56 Å². The Morgan fingerprint density at radius 1 is 0.889 bits per heavy atom. The molecular formula is C29H29FN2O4. The largest absolute Gasteiger partial charge is 0.459 e. The highest BCUT2D eigenvalue weighted by molar-refractivity contribution is 6.06. The molecule has 36 heavy (non-hydrogen) atoms. The molecule has 0 radical (unpaired) electrons. The molecular weight excluding hydrogens is 459 g/mol. The molecule has 2 amide bonds. The predicted octanol–water partition coefficient (Wildman–Crippen LogP) is 4.87. The number of hydrogen-bond donors (Lipinski definition) is 2. The number of carbonyl (C=O) groups excluding carboxylic acids is 3. The van der Waals surface area contributed by atoms with Crippen LogP contribution in [0.3, 0.4) is 0 Å². The summed E-state index contributed by atoms with van der Waals surface area (Å²) in [6.45, 7) is 3.89. The summed E-state index contributed by atoms with van der Waals surface area (Å²) in [4.78, 5) is 38.9. The van der Waals surface area contributed by atoms with E-state index in [1.165, 1.54) is 24.3 Å². The van der Waals surface area contributed by atoms with E-state index in [4.69, 9.17) is 4.74 Å². The van der Waals surface area contributed by atoms with Crippen LogP contribution in [0.25, 0.3) is 6.08 Å². The number of hydrogen-bond acceptors (Lipinski definition) is 4. The van der Waals surface area contributed by atoms with Gasteiger partial charge in [-0.1, -0.05) is 80.6 Å². The molecule has 0 heterocycles. The molecule has 0 saturated carbocycles. The van der Waals surface area contributed by atoms with Crippen molar-refractivity contribution < 1.29 is 23.5 Å². The molecule has 0 saturated heterocycles. The molecule has 0 bridgehead atoms. The fourth-order valence-corrected chi connectivity index (χ4v) is 3.44. The summed E-state index contributed by atoms with van der Waals surface area (Å²) in [5.41, 5.74) is 1.06. The standard InChI is InChI=1S/C29H29FN2O4/c1-20(2)17-26(29(35)36-19-21-11-5-3-6-12-21)32-28(34)25(18-23-15-9-10-16-24(23)30)31-27(33)22-13-7-4-8-14-22/h3-16,18,20,26H,17,19H2,1-2H3,(H,31,33)(H,32,34)/b25-18+/t26-/m0/s1. The molecule has 7 heteroatoms. The Labute approximate surface area is 210 Å². The second kappa shape index (κ2) is 13.0. The lowest BCUT2D eigenvalue weighted by atomic mass is 10.0. The Hall–Kier alpha value is -4.26. The van der Waals surface area contributed by atoms with E-state index < -0.39 is 29.6 Å². The van der Waals surface area contributed by atoms with Gasteiger partial charge in [-0.15, -0.1) is 0 Å². The van der Waals surface area contributed by atoms with E-state index in [9.17, 15) is 18.8 Å². The molecule has 0 unspecified atom stereocenters. The topological polar surface area (TPSA) is 84.5 Å². The third-order valence-electron chi connectivity index (χ3n) is 5.25. The summed E-state index contributed by atoms with van der Waals surface area (Å²) in [6, 6.07) is 22.5. The Morgan fingerprint density at radius 2 is 1.50 bits per heavy atom. The number of ether oxygens (including phenoxy) is 1. The first kappa shape index (κ1) is 26.3. The second-order valence-corrected chi connectivity index (χ2v) is 8.65. The summed E-state index contributed by atoms with van der Waals surface area (Å²) in [5, 5.41) is 5.22. The minimum Gasteiger partial charge on any atom is -0.459 e. The smallest absolute Gasteiger partial charge is 0.328 e. The van der Waals surface area contributed by atoms with E-state index in [1.807, 2.05) is 44.2 Å². The lowest BCUT2D eigenvalue weighted by Gasteiger charge is -2.20. The van der Waals surface area contributed by atoms with Crippen LogP contribution in [0.5, 0.6) is 0 Å². The van der Waals surface area contributed by atoms with Gasteiger partial charge in [0.2, 0.25) is 0 Å². The number of rotatable bonds is 10.